The minimum absolute atomic E-state index is 0.236. The second-order valence-corrected chi connectivity index (χ2v) is 9.30. The van der Waals surface area contributed by atoms with Gasteiger partial charge in [-0.1, -0.05) is 24.4 Å². The summed E-state index contributed by atoms with van der Waals surface area (Å²) in [4.78, 5) is 27.8. The van der Waals surface area contributed by atoms with E-state index in [1.54, 1.807) is 36.4 Å². The van der Waals surface area contributed by atoms with Gasteiger partial charge in [-0.25, -0.2) is 4.79 Å². The molecule has 34 heavy (non-hydrogen) atoms. The number of nitrogens with zero attached hydrogens (tertiary/aromatic N) is 2. The van der Waals surface area contributed by atoms with E-state index in [2.05, 4.69) is 5.32 Å². The van der Waals surface area contributed by atoms with Crippen molar-refractivity contribution in [2.75, 3.05) is 37.0 Å². The number of anilines is 2. The highest BCUT2D eigenvalue weighted by atomic mass is 35.5. The molecular formula is C25H29ClFN3O4. The summed E-state index contributed by atoms with van der Waals surface area (Å²) in [5.74, 6) is 0.0997. The largest absolute Gasteiger partial charge is 0.481 e. The van der Waals surface area contributed by atoms with E-state index in [4.69, 9.17) is 21.1 Å². The normalized spacial score (nSPS) is 19.4. The molecule has 0 spiro atoms. The van der Waals surface area contributed by atoms with Gasteiger partial charge < -0.3 is 19.7 Å². The molecule has 2 aromatic rings. The van der Waals surface area contributed by atoms with E-state index in [0.717, 1.165) is 23.7 Å². The number of methoxy groups -OCH3 is 1. The van der Waals surface area contributed by atoms with Crippen molar-refractivity contribution in [1.82, 2.24) is 5.12 Å². The van der Waals surface area contributed by atoms with Crippen molar-refractivity contribution in [3.8, 4) is 5.75 Å². The lowest BCUT2D eigenvalue weighted by molar-refractivity contribution is -0.123. The first-order valence-electron chi connectivity index (χ1n) is 11.5. The van der Waals surface area contributed by atoms with E-state index >= 15 is 0 Å². The van der Waals surface area contributed by atoms with Gasteiger partial charge in [0.25, 0.3) is 5.91 Å². The van der Waals surface area contributed by atoms with Gasteiger partial charge in [-0.15, -0.1) is 9.60 Å². The van der Waals surface area contributed by atoms with Crippen molar-refractivity contribution in [3.63, 3.8) is 0 Å². The van der Waals surface area contributed by atoms with Crippen LogP contribution < -0.4 is 15.0 Å². The molecule has 1 aliphatic carbocycles. The van der Waals surface area contributed by atoms with Crippen molar-refractivity contribution in [1.29, 1.82) is 0 Å². The first-order chi connectivity index (χ1) is 16.3. The Hall–Kier alpha value is -2.84. The summed E-state index contributed by atoms with van der Waals surface area (Å²) in [5.41, 5.74) is 1.35. The highest BCUT2D eigenvalue weighted by Gasteiger charge is 2.32. The van der Waals surface area contributed by atoms with E-state index < -0.39 is 12.1 Å². The third-order valence-corrected chi connectivity index (χ3v) is 6.46. The standard InChI is InChI=1S/C25H29ClFN3O4/c1-16-15-29(11-12-30(16)27)19-7-10-22(21(14-19)25(32)33-2)28-24(31)23(13-17-3-4-17)34-20-8-5-18(26)6-9-20/h5-10,14,16-17,23H,3-4,11-13,15H2,1-2H3,(H,28,31)/t16-,23-/m0/s1. The number of rotatable bonds is 8. The number of carbonyl (C=O) groups is 2. The van der Waals surface area contributed by atoms with Gasteiger partial charge in [0.05, 0.1) is 24.4 Å². The van der Waals surface area contributed by atoms with Crippen LogP contribution in [0, 0.1) is 5.92 Å². The van der Waals surface area contributed by atoms with Gasteiger partial charge >= 0.3 is 5.97 Å². The van der Waals surface area contributed by atoms with Crippen molar-refractivity contribution in [3.05, 3.63) is 53.1 Å². The molecule has 9 heteroatoms. The molecule has 0 radical (unpaired) electrons. The SMILES string of the molecule is COC(=O)c1cc(N2CCN(F)[C@@H](C)C2)ccc1NC(=O)[C@H](CC1CC1)Oc1ccc(Cl)cc1. The second kappa shape index (κ2) is 10.6. The Kier molecular flexibility index (Phi) is 7.58. The number of halogens is 2. The fourth-order valence-corrected chi connectivity index (χ4v) is 4.17. The maximum absolute atomic E-state index is 13.7. The monoisotopic (exact) mass is 489 g/mol. The number of hydrogen-bond acceptors (Lipinski definition) is 6. The highest BCUT2D eigenvalue weighted by Crippen LogP contribution is 2.35. The fraction of sp³-hybridized carbons (Fsp3) is 0.440. The van der Waals surface area contributed by atoms with Gasteiger partial charge in [-0.3, -0.25) is 4.79 Å². The molecule has 1 N–H and O–H groups in total. The molecule has 182 valence electrons. The number of ether oxygens (including phenoxy) is 2. The maximum atomic E-state index is 13.7. The zero-order chi connectivity index (χ0) is 24.2. The molecule has 1 amide bonds. The molecular weight excluding hydrogens is 461 g/mol. The topological polar surface area (TPSA) is 71.1 Å². The van der Waals surface area contributed by atoms with E-state index in [9.17, 15) is 14.1 Å². The van der Waals surface area contributed by atoms with E-state index in [1.165, 1.54) is 7.11 Å². The Morgan fingerprint density at radius 3 is 2.56 bits per heavy atom. The van der Waals surface area contributed by atoms with Crippen LogP contribution in [0.5, 0.6) is 5.75 Å². The number of nitrogens with one attached hydrogen (secondary N) is 1. The van der Waals surface area contributed by atoms with Crippen LogP contribution in [0.25, 0.3) is 0 Å². The number of carbonyl (C=O) groups excluding carboxylic acids is 2. The van der Waals surface area contributed by atoms with Crippen LogP contribution >= 0.6 is 11.6 Å². The lowest BCUT2D eigenvalue weighted by atomic mass is 10.1. The van der Waals surface area contributed by atoms with Crippen LogP contribution in [-0.4, -0.2) is 55.9 Å². The Bertz CT molecular complexity index is 1030. The molecule has 2 aliphatic rings. The Labute approximate surface area is 203 Å². The Balaban J connectivity index is 1.53. The average Bonchev–Trinajstić information content (AvgIpc) is 3.65. The van der Waals surface area contributed by atoms with Crippen LogP contribution in [-0.2, 0) is 9.53 Å². The van der Waals surface area contributed by atoms with Crippen molar-refractivity contribution in [2.45, 2.75) is 38.3 Å². The number of amides is 1. The van der Waals surface area contributed by atoms with E-state index in [-0.39, 0.29) is 24.1 Å². The summed E-state index contributed by atoms with van der Waals surface area (Å²) in [7, 11) is 1.30. The van der Waals surface area contributed by atoms with Gasteiger partial charge in [0, 0.05) is 30.3 Å². The number of benzene rings is 2. The first kappa shape index (κ1) is 24.3. The maximum Gasteiger partial charge on any atom is 0.340 e. The molecule has 4 rings (SSSR count). The Morgan fingerprint density at radius 2 is 1.91 bits per heavy atom. The molecule has 2 fully saturated rings. The van der Waals surface area contributed by atoms with Gasteiger partial charge in [0.15, 0.2) is 6.10 Å². The summed E-state index contributed by atoms with van der Waals surface area (Å²) in [6.45, 7) is 3.06. The van der Waals surface area contributed by atoms with Crippen LogP contribution in [0.3, 0.4) is 0 Å². The third kappa shape index (κ3) is 5.98. The first-order valence-corrected chi connectivity index (χ1v) is 11.8. The zero-order valence-corrected chi connectivity index (χ0v) is 20.1. The van der Waals surface area contributed by atoms with Crippen LogP contribution in [0.1, 0.15) is 36.5 Å². The number of hydrogen-bond donors (Lipinski definition) is 1. The lowest BCUT2D eigenvalue weighted by Gasteiger charge is -2.36. The smallest absolute Gasteiger partial charge is 0.340 e. The minimum atomic E-state index is -0.711. The molecule has 1 saturated heterocycles. The summed E-state index contributed by atoms with van der Waals surface area (Å²) in [5, 5.41) is 4.26. The van der Waals surface area contributed by atoms with Gasteiger partial charge in [0.2, 0.25) is 0 Å². The molecule has 2 atom stereocenters. The van der Waals surface area contributed by atoms with Crippen LogP contribution in [0.2, 0.25) is 5.02 Å². The molecule has 0 aromatic heterocycles. The molecule has 1 aliphatic heterocycles. The number of esters is 1. The lowest BCUT2D eigenvalue weighted by Crippen LogP contribution is -2.48. The summed E-state index contributed by atoms with van der Waals surface area (Å²) in [6, 6.07) is 11.8. The predicted molar refractivity (Wildman–Crippen MR) is 129 cm³/mol. The summed E-state index contributed by atoms with van der Waals surface area (Å²) < 4.78 is 24.7. The zero-order valence-electron chi connectivity index (χ0n) is 19.3. The molecule has 7 nitrogen and oxygen atoms in total. The average molecular weight is 490 g/mol. The number of piperazine rings is 1. The summed E-state index contributed by atoms with van der Waals surface area (Å²) in [6.07, 6.45) is 2.02. The van der Waals surface area contributed by atoms with Crippen molar-refractivity contribution < 1.29 is 23.5 Å². The quantitative estimate of drug-likeness (QED) is 0.428. The van der Waals surface area contributed by atoms with Gasteiger partial charge in [-0.05, 0) is 61.7 Å². The van der Waals surface area contributed by atoms with Crippen molar-refractivity contribution >= 4 is 34.9 Å². The van der Waals surface area contributed by atoms with Crippen LogP contribution in [0.4, 0.5) is 15.9 Å². The molecule has 0 unspecified atom stereocenters. The molecule has 0 bridgehead atoms. The molecule has 1 saturated carbocycles. The fourth-order valence-electron chi connectivity index (χ4n) is 4.04. The van der Waals surface area contributed by atoms with Gasteiger partial charge in [-0.2, -0.15) is 0 Å². The second-order valence-electron chi connectivity index (χ2n) is 8.87. The van der Waals surface area contributed by atoms with E-state index in [0.29, 0.717) is 41.9 Å². The predicted octanol–water partition coefficient (Wildman–Crippen LogP) is 4.71. The van der Waals surface area contributed by atoms with Gasteiger partial charge in [0.1, 0.15) is 5.75 Å². The molecule has 2 aromatic carbocycles. The van der Waals surface area contributed by atoms with Crippen molar-refractivity contribution in [2.24, 2.45) is 5.92 Å². The minimum Gasteiger partial charge on any atom is -0.481 e. The molecule has 1 heterocycles. The third-order valence-electron chi connectivity index (χ3n) is 6.21. The summed E-state index contributed by atoms with van der Waals surface area (Å²) >= 11 is 5.95. The highest BCUT2D eigenvalue weighted by molar-refractivity contribution is 6.30. The Morgan fingerprint density at radius 1 is 1.18 bits per heavy atom. The van der Waals surface area contributed by atoms with E-state index in [1.807, 2.05) is 17.9 Å². The van der Waals surface area contributed by atoms with Crippen LogP contribution in [0.15, 0.2) is 42.5 Å².